The molecular weight excluding hydrogens is 326 g/mol. The Balaban J connectivity index is 1.82. The summed E-state index contributed by atoms with van der Waals surface area (Å²) in [7, 11) is 0. The normalized spacial score (nSPS) is 11.4. The van der Waals surface area contributed by atoms with E-state index in [1.807, 2.05) is 43.3 Å². The van der Waals surface area contributed by atoms with Gasteiger partial charge in [0, 0.05) is 11.3 Å². The molecule has 0 radical (unpaired) electrons. The molecule has 0 aliphatic carbocycles. The molecule has 0 bridgehead atoms. The maximum absolute atomic E-state index is 12.8. The number of anilines is 1. The van der Waals surface area contributed by atoms with E-state index in [-0.39, 0.29) is 0 Å². The van der Waals surface area contributed by atoms with Gasteiger partial charge in [-0.1, -0.05) is 66.2 Å². The van der Waals surface area contributed by atoms with E-state index in [4.69, 9.17) is 4.74 Å². The second-order valence-electron chi connectivity index (χ2n) is 5.92. The molecule has 0 unspecified atom stereocenters. The van der Waals surface area contributed by atoms with Crippen LogP contribution in [-0.2, 0) is 9.53 Å². The lowest BCUT2D eigenvalue weighted by Crippen LogP contribution is -2.26. The molecule has 0 aliphatic heterocycles. The molecular formula is C22H19NO3. The highest BCUT2D eigenvalue weighted by Gasteiger charge is 2.25. The number of carbonyl (C=O) groups is 2. The SMILES string of the molecule is Cc1ccc(NC(=O)[C@@H](OC(=O)c2ccccc2)c2ccccc2)cc1. The molecule has 0 heterocycles. The molecule has 1 atom stereocenters. The molecule has 3 aromatic carbocycles. The maximum Gasteiger partial charge on any atom is 0.339 e. The van der Waals surface area contributed by atoms with Crippen molar-refractivity contribution in [3.05, 3.63) is 102 Å². The first-order valence-electron chi connectivity index (χ1n) is 8.32. The molecule has 3 rings (SSSR count). The Morgan fingerprint density at radius 2 is 1.38 bits per heavy atom. The Morgan fingerprint density at radius 1 is 0.808 bits per heavy atom. The van der Waals surface area contributed by atoms with Crippen molar-refractivity contribution >= 4 is 17.6 Å². The number of esters is 1. The second-order valence-corrected chi connectivity index (χ2v) is 5.92. The zero-order chi connectivity index (χ0) is 18.4. The smallest absolute Gasteiger partial charge is 0.339 e. The predicted molar refractivity (Wildman–Crippen MR) is 101 cm³/mol. The van der Waals surface area contributed by atoms with Gasteiger partial charge in [-0.3, -0.25) is 4.79 Å². The van der Waals surface area contributed by atoms with Crippen molar-refractivity contribution in [2.45, 2.75) is 13.0 Å². The fourth-order valence-corrected chi connectivity index (χ4v) is 2.49. The second kappa shape index (κ2) is 8.12. The zero-order valence-corrected chi connectivity index (χ0v) is 14.4. The van der Waals surface area contributed by atoms with Crippen LogP contribution in [-0.4, -0.2) is 11.9 Å². The van der Waals surface area contributed by atoms with Crippen LogP contribution < -0.4 is 5.32 Å². The number of hydrogen-bond acceptors (Lipinski definition) is 3. The number of rotatable bonds is 5. The van der Waals surface area contributed by atoms with Gasteiger partial charge in [0.25, 0.3) is 5.91 Å². The van der Waals surface area contributed by atoms with Crippen LogP contribution in [0, 0.1) is 6.92 Å². The minimum Gasteiger partial charge on any atom is -0.444 e. The van der Waals surface area contributed by atoms with Gasteiger partial charge in [0.1, 0.15) is 0 Å². The van der Waals surface area contributed by atoms with Crippen molar-refractivity contribution in [1.29, 1.82) is 0 Å². The monoisotopic (exact) mass is 345 g/mol. The summed E-state index contributed by atoms with van der Waals surface area (Å²) in [5.74, 6) is -0.942. The molecule has 0 aromatic heterocycles. The van der Waals surface area contributed by atoms with Gasteiger partial charge >= 0.3 is 5.97 Å². The van der Waals surface area contributed by atoms with E-state index >= 15 is 0 Å². The fraction of sp³-hybridized carbons (Fsp3) is 0.0909. The van der Waals surface area contributed by atoms with Gasteiger partial charge in [-0.2, -0.15) is 0 Å². The summed E-state index contributed by atoms with van der Waals surface area (Å²) >= 11 is 0. The van der Waals surface area contributed by atoms with Crippen molar-refractivity contribution in [2.24, 2.45) is 0 Å². The Kier molecular flexibility index (Phi) is 5.44. The molecule has 1 N–H and O–H groups in total. The maximum atomic E-state index is 12.8. The van der Waals surface area contributed by atoms with Gasteiger partial charge in [0.15, 0.2) is 0 Å². The van der Waals surface area contributed by atoms with E-state index in [9.17, 15) is 9.59 Å². The summed E-state index contributed by atoms with van der Waals surface area (Å²) in [5.41, 5.74) is 2.76. The number of benzene rings is 3. The summed E-state index contributed by atoms with van der Waals surface area (Å²) in [6.45, 7) is 1.97. The van der Waals surface area contributed by atoms with Crippen LogP contribution in [0.5, 0.6) is 0 Å². The molecule has 4 nitrogen and oxygen atoms in total. The molecule has 1 amide bonds. The van der Waals surface area contributed by atoms with Crippen LogP contribution in [0.1, 0.15) is 27.6 Å². The molecule has 26 heavy (non-hydrogen) atoms. The first-order valence-corrected chi connectivity index (χ1v) is 8.32. The molecule has 130 valence electrons. The molecule has 0 saturated carbocycles. The van der Waals surface area contributed by atoms with E-state index < -0.39 is 18.0 Å². The summed E-state index contributed by atoms with van der Waals surface area (Å²) < 4.78 is 5.53. The summed E-state index contributed by atoms with van der Waals surface area (Å²) in [4.78, 5) is 25.2. The van der Waals surface area contributed by atoms with Gasteiger partial charge in [-0.05, 0) is 31.2 Å². The van der Waals surface area contributed by atoms with Crippen LogP contribution in [0.25, 0.3) is 0 Å². The van der Waals surface area contributed by atoms with Gasteiger partial charge in [0.05, 0.1) is 5.56 Å². The minimum atomic E-state index is -1.04. The first-order chi connectivity index (χ1) is 12.6. The Labute approximate surface area is 152 Å². The highest BCUT2D eigenvalue weighted by Crippen LogP contribution is 2.22. The number of carbonyl (C=O) groups excluding carboxylic acids is 2. The standard InChI is InChI=1S/C22H19NO3/c1-16-12-14-19(15-13-16)23-21(24)20(17-8-4-2-5-9-17)26-22(25)18-10-6-3-7-11-18/h2-15,20H,1H3,(H,23,24)/t20-/m0/s1. The van der Waals surface area contributed by atoms with Crippen molar-refractivity contribution in [2.75, 3.05) is 5.32 Å². The Morgan fingerprint density at radius 3 is 2.00 bits per heavy atom. The van der Waals surface area contributed by atoms with Crippen LogP contribution in [0.3, 0.4) is 0 Å². The van der Waals surface area contributed by atoms with Crippen LogP contribution in [0.4, 0.5) is 5.69 Å². The average Bonchev–Trinajstić information content (AvgIpc) is 2.69. The molecule has 0 spiro atoms. The topological polar surface area (TPSA) is 55.4 Å². The first kappa shape index (κ1) is 17.4. The third-order valence-electron chi connectivity index (χ3n) is 3.89. The van der Waals surface area contributed by atoms with Crippen LogP contribution in [0.2, 0.25) is 0 Å². The van der Waals surface area contributed by atoms with Crippen molar-refractivity contribution < 1.29 is 14.3 Å². The molecule has 0 aliphatic rings. The van der Waals surface area contributed by atoms with E-state index in [1.165, 1.54) is 0 Å². The van der Waals surface area contributed by atoms with Crippen molar-refractivity contribution in [3.63, 3.8) is 0 Å². The highest BCUT2D eigenvalue weighted by atomic mass is 16.5. The van der Waals surface area contributed by atoms with E-state index in [2.05, 4.69) is 5.32 Å². The number of aryl methyl sites for hydroxylation is 1. The number of amides is 1. The molecule has 0 saturated heterocycles. The van der Waals surface area contributed by atoms with Crippen molar-refractivity contribution in [1.82, 2.24) is 0 Å². The lowest BCUT2D eigenvalue weighted by Gasteiger charge is -2.18. The summed E-state index contributed by atoms with van der Waals surface area (Å²) in [6, 6.07) is 25.0. The number of nitrogens with one attached hydrogen (secondary N) is 1. The minimum absolute atomic E-state index is 0.399. The third-order valence-corrected chi connectivity index (χ3v) is 3.89. The number of hydrogen-bond donors (Lipinski definition) is 1. The van der Waals surface area contributed by atoms with Crippen LogP contribution >= 0.6 is 0 Å². The van der Waals surface area contributed by atoms with Crippen LogP contribution in [0.15, 0.2) is 84.9 Å². The molecule has 4 heteroatoms. The lowest BCUT2D eigenvalue weighted by molar-refractivity contribution is -0.125. The fourth-order valence-electron chi connectivity index (χ4n) is 2.49. The van der Waals surface area contributed by atoms with E-state index in [0.717, 1.165) is 5.56 Å². The average molecular weight is 345 g/mol. The Hall–Kier alpha value is -3.40. The number of ether oxygens (including phenoxy) is 1. The lowest BCUT2D eigenvalue weighted by atomic mass is 10.1. The van der Waals surface area contributed by atoms with E-state index in [0.29, 0.717) is 16.8 Å². The Bertz CT molecular complexity index is 874. The van der Waals surface area contributed by atoms with Gasteiger partial charge in [0.2, 0.25) is 6.10 Å². The van der Waals surface area contributed by atoms with Gasteiger partial charge < -0.3 is 10.1 Å². The molecule has 0 fully saturated rings. The summed E-state index contributed by atoms with van der Waals surface area (Å²) in [6.07, 6.45) is -1.04. The van der Waals surface area contributed by atoms with Gasteiger partial charge in [-0.25, -0.2) is 4.79 Å². The molecule has 3 aromatic rings. The summed E-state index contributed by atoms with van der Waals surface area (Å²) in [5, 5.41) is 2.81. The largest absolute Gasteiger partial charge is 0.444 e. The quantitative estimate of drug-likeness (QED) is 0.691. The van der Waals surface area contributed by atoms with Gasteiger partial charge in [-0.15, -0.1) is 0 Å². The predicted octanol–water partition coefficient (Wildman–Crippen LogP) is 4.53. The third kappa shape index (κ3) is 4.36. The highest BCUT2D eigenvalue weighted by molar-refractivity contribution is 5.98. The van der Waals surface area contributed by atoms with Crippen molar-refractivity contribution in [3.8, 4) is 0 Å². The zero-order valence-electron chi connectivity index (χ0n) is 14.4. The van der Waals surface area contributed by atoms with E-state index in [1.54, 1.807) is 48.5 Å².